The molecule has 2 atom stereocenters. The number of rotatable bonds is 4. The molecule has 0 bridgehead atoms. The second-order valence-corrected chi connectivity index (χ2v) is 6.81. The van der Waals surface area contributed by atoms with E-state index in [1.807, 2.05) is 0 Å². The van der Waals surface area contributed by atoms with Crippen LogP contribution in [-0.2, 0) is 0 Å². The zero-order valence-electron chi connectivity index (χ0n) is 13.5. The number of ether oxygens (including phenoxy) is 1. The van der Waals surface area contributed by atoms with Crippen molar-refractivity contribution < 1.29 is 9.53 Å². The Bertz CT molecular complexity index is 593. The number of anilines is 1. The van der Waals surface area contributed by atoms with Gasteiger partial charge in [0.2, 0.25) is 0 Å². The van der Waals surface area contributed by atoms with Crippen molar-refractivity contribution in [3.8, 4) is 5.75 Å². The van der Waals surface area contributed by atoms with Crippen LogP contribution in [-0.4, -0.2) is 43.1 Å². The molecule has 0 spiro atoms. The topological polar surface area (TPSA) is 67.6 Å². The molecule has 2 aliphatic rings. The van der Waals surface area contributed by atoms with Crippen molar-refractivity contribution in [1.29, 1.82) is 0 Å². The SMILES string of the molecule is COc1cc(N)c(Cl)cc1C(=O)NCC1CCC2CCCCN21. The molecule has 1 amide bonds. The lowest BCUT2D eigenvalue weighted by Gasteiger charge is -2.34. The van der Waals surface area contributed by atoms with Crippen LogP contribution in [0.5, 0.6) is 5.75 Å². The average molecular weight is 338 g/mol. The van der Waals surface area contributed by atoms with E-state index in [0.29, 0.717) is 40.7 Å². The maximum absolute atomic E-state index is 12.5. The van der Waals surface area contributed by atoms with E-state index in [1.165, 1.54) is 32.8 Å². The molecule has 0 radical (unpaired) electrons. The molecule has 2 aliphatic heterocycles. The summed E-state index contributed by atoms with van der Waals surface area (Å²) in [5.41, 5.74) is 6.60. The number of hydrogen-bond donors (Lipinski definition) is 2. The third-order valence-electron chi connectivity index (χ3n) is 5.04. The van der Waals surface area contributed by atoms with Gasteiger partial charge in [-0.05, 0) is 38.3 Å². The fourth-order valence-electron chi connectivity index (χ4n) is 3.80. The Labute approximate surface area is 142 Å². The van der Waals surface area contributed by atoms with Crippen LogP contribution in [0, 0.1) is 0 Å². The molecular weight excluding hydrogens is 314 g/mol. The van der Waals surface area contributed by atoms with Gasteiger partial charge < -0.3 is 15.8 Å². The quantitative estimate of drug-likeness (QED) is 0.829. The van der Waals surface area contributed by atoms with E-state index in [0.717, 1.165) is 13.0 Å². The Kier molecular flexibility index (Phi) is 4.97. The minimum Gasteiger partial charge on any atom is -0.496 e. The van der Waals surface area contributed by atoms with Crippen LogP contribution >= 0.6 is 11.6 Å². The third kappa shape index (κ3) is 3.40. The molecule has 1 aromatic carbocycles. The molecule has 3 N–H and O–H groups in total. The van der Waals surface area contributed by atoms with Gasteiger partial charge in [0.15, 0.2) is 0 Å². The first-order chi connectivity index (χ1) is 11.1. The summed E-state index contributed by atoms with van der Waals surface area (Å²) in [7, 11) is 1.52. The first-order valence-electron chi connectivity index (χ1n) is 8.27. The van der Waals surface area contributed by atoms with Gasteiger partial charge in [-0.15, -0.1) is 0 Å². The van der Waals surface area contributed by atoms with Crippen molar-refractivity contribution in [3.63, 3.8) is 0 Å². The number of nitrogens with zero attached hydrogens (tertiary/aromatic N) is 1. The number of nitrogen functional groups attached to an aromatic ring is 1. The number of nitrogens with one attached hydrogen (secondary N) is 1. The number of amides is 1. The first kappa shape index (κ1) is 16.4. The van der Waals surface area contributed by atoms with Crippen LogP contribution in [0.4, 0.5) is 5.69 Å². The molecule has 0 aromatic heterocycles. The van der Waals surface area contributed by atoms with Gasteiger partial charge in [-0.3, -0.25) is 9.69 Å². The molecule has 2 fully saturated rings. The molecule has 126 valence electrons. The Hall–Kier alpha value is -1.46. The Balaban J connectivity index is 1.65. The normalized spacial score (nSPS) is 24.3. The van der Waals surface area contributed by atoms with E-state index in [9.17, 15) is 4.79 Å². The largest absolute Gasteiger partial charge is 0.496 e. The van der Waals surface area contributed by atoms with Gasteiger partial charge in [-0.2, -0.15) is 0 Å². The summed E-state index contributed by atoms with van der Waals surface area (Å²) < 4.78 is 5.25. The monoisotopic (exact) mass is 337 g/mol. The van der Waals surface area contributed by atoms with E-state index in [1.54, 1.807) is 12.1 Å². The zero-order valence-corrected chi connectivity index (χ0v) is 14.2. The summed E-state index contributed by atoms with van der Waals surface area (Å²) in [6, 6.07) is 4.32. The summed E-state index contributed by atoms with van der Waals surface area (Å²) >= 11 is 6.04. The number of carbonyl (C=O) groups is 1. The Morgan fingerprint density at radius 2 is 2.22 bits per heavy atom. The van der Waals surface area contributed by atoms with Gasteiger partial charge in [0.1, 0.15) is 5.75 Å². The van der Waals surface area contributed by atoms with Crippen molar-refractivity contribution in [2.75, 3.05) is 25.9 Å². The number of piperidine rings is 1. The van der Waals surface area contributed by atoms with Crippen molar-refractivity contribution in [3.05, 3.63) is 22.7 Å². The molecule has 2 unspecified atom stereocenters. The van der Waals surface area contributed by atoms with Gasteiger partial charge in [0.05, 0.1) is 23.4 Å². The summed E-state index contributed by atoms with van der Waals surface area (Å²) in [5, 5.41) is 3.40. The van der Waals surface area contributed by atoms with Crippen molar-refractivity contribution >= 4 is 23.2 Å². The van der Waals surface area contributed by atoms with Crippen molar-refractivity contribution in [2.24, 2.45) is 0 Å². The predicted octanol–water partition coefficient (Wildman–Crippen LogP) is 2.68. The minimum atomic E-state index is -0.163. The van der Waals surface area contributed by atoms with Crippen LogP contribution in [0.1, 0.15) is 42.5 Å². The standard InChI is InChI=1S/C17H24ClN3O2/c1-23-16-9-15(19)14(18)8-13(16)17(22)20-10-12-6-5-11-4-2-3-7-21(11)12/h8-9,11-12H,2-7,10,19H2,1H3,(H,20,22). The summed E-state index contributed by atoms with van der Waals surface area (Å²) in [4.78, 5) is 15.1. The number of carbonyl (C=O) groups excluding carboxylic acids is 1. The van der Waals surface area contributed by atoms with E-state index in [4.69, 9.17) is 22.1 Å². The number of methoxy groups -OCH3 is 1. The van der Waals surface area contributed by atoms with Gasteiger partial charge in [0.25, 0.3) is 5.91 Å². The fraction of sp³-hybridized carbons (Fsp3) is 0.588. The van der Waals surface area contributed by atoms with Crippen LogP contribution < -0.4 is 15.8 Å². The number of hydrogen-bond acceptors (Lipinski definition) is 4. The minimum absolute atomic E-state index is 0.163. The van der Waals surface area contributed by atoms with E-state index in [-0.39, 0.29) is 5.91 Å². The molecule has 2 heterocycles. The maximum Gasteiger partial charge on any atom is 0.255 e. The van der Waals surface area contributed by atoms with Crippen molar-refractivity contribution in [2.45, 2.75) is 44.2 Å². The van der Waals surface area contributed by atoms with Gasteiger partial charge >= 0.3 is 0 Å². The number of nitrogens with two attached hydrogens (primary N) is 1. The first-order valence-corrected chi connectivity index (χ1v) is 8.65. The second-order valence-electron chi connectivity index (χ2n) is 6.40. The molecule has 5 nitrogen and oxygen atoms in total. The number of fused-ring (bicyclic) bond motifs is 1. The van der Waals surface area contributed by atoms with Crippen molar-refractivity contribution in [1.82, 2.24) is 10.2 Å². The number of halogens is 1. The van der Waals surface area contributed by atoms with Crippen LogP contribution in [0.15, 0.2) is 12.1 Å². The summed E-state index contributed by atoms with van der Waals surface area (Å²) in [5.74, 6) is 0.288. The van der Waals surface area contributed by atoms with E-state index < -0.39 is 0 Å². The molecule has 0 aliphatic carbocycles. The van der Waals surface area contributed by atoms with Gasteiger partial charge in [0, 0.05) is 24.7 Å². The molecule has 0 saturated carbocycles. The number of benzene rings is 1. The highest BCUT2D eigenvalue weighted by atomic mass is 35.5. The lowest BCUT2D eigenvalue weighted by Crippen LogP contribution is -2.45. The van der Waals surface area contributed by atoms with E-state index in [2.05, 4.69) is 10.2 Å². The Morgan fingerprint density at radius 1 is 1.39 bits per heavy atom. The van der Waals surface area contributed by atoms with Gasteiger partial charge in [-0.25, -0.2) is 0 Å². The highest BCUT2D eigenvalue weighted by Crippen LogP contribution is 2.32. The zero-order chi connectivity index (χ0) is 16.4. The summed E-state index contributed by atoms with van der Waals surface area (Å²) in [6.07, 6.45) is 6.30. The predicted molar refractivity (Wildman–Crippen MR) is 92.1 cm³/mol. The maximum atomic E-state index is 12.5. The molecular formula is C17H24ClN3O2. The lowest BCUT2D eigenvalue weighted by molar-refractivity contribution is 0.0922. The molecule has 2 saturated heterocycles. The smallest absolute Gasteiger partial charge is 0.255 e. The molecule has 23 heavy (non-hydrogen) atoms. The van der Waals surface area contributed by atoms with Crippen LogP contribution in [0.25, 0.3) is 0 Å². The molecule has 1 aromatic rings. The average Bonchev–Trinajstić information content (AvgIpc) is 2.98. The van der Waals surface area contributed by atoms with Crippen LogP contribution in [0.3, 0.4) is 0 Å². The molecule has 3 rings (SSSR count). The van der Waals surface area contributed by atoms with Crippen LogP contribution in [0.2, 0.25) is 5.02 Å². The summed E-state index contributed by atoms with van der Waals surface area (Å²) in [6.45, 7) is 1.82. The second kappa shape index (κ2) is 6.97. The fourth-order valence-corrected chi connectivity index (χ4v) is 3.97. The Morgan fingerprint density at radius 3 is 3.00 bits per heavy atom. The highest BCUT2D eigenvalue weighted by Gasteiger charge is 2.34. The van der Waals surface area contributed by atoms with Gasteiger partial charge in [-0.1, -0.05) is 18.0 Å². The van der Waals surface area contributed by atoms with E-state index >= 15 is 0 Å². The lowest BCUT2D eigenvalue weighted by atomic mass is 10.0. The third-order valence-corrected chi connectivity index (χ3v) is 5.36. The molecule has 6 heteroatoms. The highest BCUT2D eigenvalue weighted by molar-refractivity contribution is 6.33.